The molecule has 0 bridgehead atoms. The molecule has 0 saturated carbocycles. The lowest BCUT2D eigenvalue weighted by atomic mass is 10.0. The fourth-order valence-corrected chi connectivity index (χ4v) is 4.24. The van der Waals surface area contributed by atoms with E-state index in [2.05, 4.69) is 51.4 Å². The average Bonchev–Trinajstić information content (AvgIpc) is 3.13. The van der Waals surface area contributed by atoms with Crippen molar-refractivity contribution in [1.82, 2.24) is 9.80 Å². The largest absolute Gasteiger partial charge is 0.395 e. The van der Waals surface area contributed by atoms with Crippen LogP contribution in [0.2, 0.25) is 0 Å². The number of nitrogens with zero attached hydrogens (tertiary/aromatic N) is 3. The molecular weight excluding hydrogens is 354 g/mol. The summed E-state index contributed by atoms with van der Waals surface area (Å²) >= 11 is 0. The molecule has 0 radical (unpaired) electrons. The Morgan fingerprint density at radius 2 is 1.79 bits per heavy atom. The van der Waals surface area contributed by atoms with Gasteiger partial charge in [0.05, 0.1) is 12.3 Å². The first-order chi connectivity index (χ1) is 13.7. The third-order valence-electron chi connectivity index (χ3n) is 5.76. The van der Waals surface area contributed by atoms with E-state index in [9.17, 15) is 5.11 Å². The molecule has 1 atom stereocenters. The van der Waals surface area contributed by atoms with Gasteiger partial charge in [0.2, 0.25) is 0 Å². The molecular formula is C22H29N3O3. The van der Waals surface area contributed by atoms with Crippen LogP contribution in [0.25, 0.3) is 10.8 Å². The molecule has 0 aromatic heterocycles. The normalized spacial score (nSPS) is 20.6. The standard InChI is InChI=1S/C22H29N3O3/c26-14-13-24-9-11-25(12-10-24)15-18(27)16-28-23-22-8-7-20-19-4-2-1-3-17(19)5-6-21(20)22/h1-6,18,26-27H,7-16H2/b23-22-. The zero-order valence-corrected chi connectivity index (χ0v) is 16.3. The van der Waals surface area contributed by atoms with E-state index >= 15 is 0 Å². The van der Waals surface area contributed by atoms with Crippen molar-refractivity contribution < 1.29 is 15.1 Å². The summed E-state index contributed by atoms with van der Waals surface area (Å²) in [6, 6.07) is 12.7. The number of hydrogen-bond donors (Lipinski definition) is 2. The molecule has 6 heteroatoms. The summed E-state index contributed by atoms with van der Waals surface area (Å²) in [6.07, 6.45) is 1.32. The van der Waals surface area contributed by atoms with Gasteiger partial charge in [-0.1, -0.05) is 41.6 Å². The van der Waals surface area contributed by atoms with E-state index in [1.54, 1.807) is 0 Å². The van der Waals surface area contributed by atoms with Gasteiger partial charge in [0.15, 0.2) is 0 Å². The molecule has 2 N–H and O–H groups in total. The van der Waals surface area contributed by atoms with Gasteiger partial charge in [-0.25, -0.2) is 0 Å². The third-order valence-corrected chi connectivity index (χ3v) is 5.76. The maximum Gasteiger partial charge on any atom is 0.144 e. The second kappa shape index (κ2) is 9.01. The van der Waals surface area contributed by atoms with Gasteiger partial charge in [-0.3, -0.25) is 9.80 Å². The molecule has 2 aliphatic rings. The molecule has 1 fully saturated rings. The minimum Gasteiger partial charge on any atom is -0.395 e. The second-order valence-electron chi connectivity index (χ2n) is 7.67. The minimum absolute atomic E-state index is 0.204. The van der Waals surface area contributed by atoms with Crippen LogP contribution < -0.4 is 0 Å². The van der Waals surface area contributed by atoms with E-state index < -0.39 is 6.10 Å². The van der Waals surface area contributed by atoms with E-state index in [-0.39, 0.29) is 13.2 Å². The average molecular weight is 383 g/mol. The number of oxime groups is 1. The third kappa shape index (κ3) is 4.36. The molecule has 1 heterocycles. The van der Waals surface area contributed by atoms with Crippen molar-refractivity contribution in [2.24, 2.45) is 5.16 Å². The number of fused-ring (bicyclic) bond motifs is 3. The number of piperazine rings is 1. The van der Waals surface area contributed by atoms with Crippen molar-refractivity contribution in [2.45, 2.75) is 18.9 Å². The number of benzene rings is 2. The van der Waals surface area contributed by atoms with Gasteiger partial charge < -0.3 is 15.1 Å². The summed E-state index contributed by atoms with van der Waals surface area (Å²) in [7, 11) is 0. The Bertz CT molecular complexity index is 831. The van der Waals surface area contributed by atoms with Crippen LogP contribution in [-0.4, -0.2) is 84.3 Å². The summed E-state index contributed by atoms with van der Waals surface area (Å²) in [4.78, 5) is 10.0. The molecule has 0 spiro atoms. The van der Waals surface area contributed by atoms with Crippen molar-refractivity contribution in [3.63, 3.8) is 0 Å². The van der Waals surface area contributed by atoms with Gasteiger partial charge in [0.1, 0.15) is 12.7 Å². The Kier molecular flexibility index (Phi) is 6.22. The van der Waals surface area contributed by atoms with Gasteiger partial charge in [-0.05, 0) is 29.2 Å². The first kappa shape index (κ1) is 19.3. The minimum atomic E-state index is -0.550. The highest BCUT2D eigenvalue weighted by Crippen LogP contribution is 2.30. The van der Waals surface area contributed by atoms with Crippen molar-refractivity contribution >= 4 is 16.5 Å². The first-order valence-electron chi connectivity index (χ1n) is 10.2. The zero-order chi connectivity index (χ0) is 19.3. The highest BCUT2D eigenvalue weighted by atomic mass is 16.6. The SMILES string of the molecule is OCCN1CCN(CC(O)CO/N=C2/CCc3c2ccc2ccccc32)CC1. The molecule has 2 aromatic rings. The maximum absolute atomic E-state index is 10.3. The number of aryl methyl sites for hydroxylation is 1. The van der Waals surface area contributed by atoms with Crippen LogP contribution in [0.3, 0.4) is 0 Å². The smallest absolute Gasteiger partial charge is 0.144 e. The molecule has 6 nitrogen and oxygen atoms in total. The van der Waals surface area contributed by atoms with Crippen molar-refractivity contribution in [2.75, 3.05) is 52.5 Å². The van der Waals surface area contributed by atoms with Crippen LogP contribution in [0, 0.1) is 0 Å². The molecule has 28 heavy (non-hydrogen) atoms. The monoisotopic (exact) mass is 383 g/mol. The van der Waals surface area contributed by atoms with Crippen molar-refractivity contribution in [1.29, 1.82) is 0 Å². The molecule has 150 valence electrons. The maximum atomic E-state index is 10.3. The molecule has 0 amide bonds. The highest BCUT2D eigenvalue weighted by molar-refractivity contribution is 6.08. The summed E-state index contributed by atoms with van der Waals surface area (Å²) in [5.41, 5.74) is 3.50. The van der Waals surface area contributed by atoms with Crippen LogP contribution in [-0.2, 0) is 11.3 Å². The number of rotatable bonds is 7. The lowest BCUT2D eigenvalue weighted by Gasteiger charge is -2.35. The number of aliphatic hydroxyl groups is 2. The lowest BCUT2D eigenvalue weighted by molar-refractivity contribution is 0.00781. The summed E-state index contributed by atoms with van der Waals surface area (Å²) < 4.78 is 0. The molecule has 1 aliphatic heterocycles. The van der Waals surface area contributed by atoms with Gasteiger partial charge in [0, 0.05) is 44.8 Å². The predicted molar refractivity (Wildman–Crippen MR) is 111 cm³/mol. The van der Waals surface area contributed by atoms with Gasteiger partial charge in [-0.15, -0.1) is 0 Å². The van der Waals surface area contributed by atoms with E-state index in [0.717, 1.165) is 51.3 Å². The predicted octanol–water partition coefficient (Wildman–Crippen LogP) is 1.48. The molecule has 1 saturated heterocycles. The number of aliphatic hydroxyl groups excluding tert-OH is 2. The van der Waals surface area contributed by atoms with Crippen LogP contribution >= 0.6 is 0 Å². The van der Waals surface area contributed by atoms with E-state index in [4.69, 9.17) is 9.94 Å². The Labute approximate surface area is 166 Å². The van der Waals surface area contributed by atoms with Crippen LogP contribution in [0.4, 0.5) is 0 Å². The van der Waals surface area contributed by atoms with Crippen molar-refractivity contribution in [3.05, 3.63) is 47.5 Å². The molecule has 1 aliphatic carbocycles. The van der Waals surface area contributed by atoms with Crippen LogP contribution in [0.1, 0.15) is 17.5 Å². The topological polar surface area (TPSA) is 68.5 Å². The second-order valence-corrected chi connectivity index (χ2v) is 7.67. The Morgan fingerprint density at radius 3 is 2.61 bits per heavy atom. The Morgan fingerprint density at radius 1 is 1.00 bits per heavy atom. The fourth-order valence-electron chi connectivity index (χ4n) is 4.24. The van der Waals surface area contributed by atoms with Gasteiger partial charge in [0.25, 0.3) is 0 Å². The van der Waals surface area contributed by atoms with Crippen LogP contribution in [0.15, 0.2) is 41.6 Å². The quantitative estimate of drug-likeness (QED) is 0.709. The molecule has 1 unspecified atom stereocenters. The number of β-amino-alcohol motifs (C(OH)–C–C–N with tert-alkyl or cyclic N) is 2. The van der Waals surface area contributed by atoms with Crippen molar-refractivity contribution in [3.8, 4) is 0 Å². The van der Waals surface area contributed by atoms with E-state index in [1.807, 2.05) is 0 Å². The first-order valence-corrected chi connectivity index (χ1v) is 10.2. The fraction of sp³-hybridized carbons (Fsp3) is 0.500. The van der Waals surface area contributed by atoms with Crippen LogP contribution in [0.5, 0.6) is 0 Å². The Balaban J connectivity index is 1.29. The number of hydrogen-bond acceptors (Lipinski definition) is 6. The zero-order valence-electron chi connectivity index (χ0n) is 16.3. The highest BCUT2D eigenvalue weighted by Gasteiger charge is 2.21. The summed E-state index contributed by atoms with van der Waals surface area (Å²) in [5.74, 6) is 0. The van der Waals surface area contributed by atoms with Gasteiger partial charge >= 0.3 is 0 Å². The summed E-state index contributed by atoms with van der Waals surface area (Å²) in [5, 5.41) is 26.2. The molecule has 4 rings (SSSR count). The van der Waals surface area contributed by atoms with E-state index in [0.29, 0.717) is 6.54 Å². The van der Waals surface area contributed by atoms with Gasteiger partial charge in [-0.2, -0.15) is 0 Å². The Hall–Kier alpha value is -1.99. The van der Waals surface area contributed by atoms with E-state index in [1.165, 1.54) is 21.9 Å². The molecule has 2 aromatic carbocycles. The lowest BCUT2D eigenvalue weighted by Crippen LogP contribution is -2.49. The summed E-state index contributed by atoms with van der Waals surface area (Å²) in [6.45, 7) is 5.42.